The van der Waals surface area contributed by atoms with Gasteiger partial charge in [-0.2, -0.15) is 0 Å². The number of amides is 2. The third-order valence-electron chi connectivity index (χ3n) is 6.03. The van der Waals surface area contributed by atoms with E-state index in [1.165, 1.54) is 11.1 Å². The fourth-order valence-corrected chi connectivity index (χ4v) is 4.56. The van der Waals surface area contributed by atoms with Crippen LogP contribution < -0.4 is 10.2 Å². The van der Waals surface area contributed by atoms with E-state index in [0.717, 1.165) is 37.1 Å². The van der Waals surface area contributed by atoms with Gasteiger partial charge < -0.3 is 5.32 Å². The van der Waals surface area contributed by atoms with Gasteiger partial charge >= 0.3 is 0 Å². The van der Waals surface area contributed by atoms with E-state index in [9.17, 15) is 9.59 Å². The Morgan fingerprint density at radius 2 is 1.79 bits per heavy atom. The Morgan fingerprint density at radius 1 is 1.11 bits per heavy atom. The number of nitrogens with one attached hydrogen (secondary N) is 1. The summed E-state index contributed by atoms with van der Waals surface area (Å²) in [4.78, 5) is 30.3. The first-order valence-corrected chi connectivity index (χ1v) is 9.98. The maximum atomic E-state index is 13.5. The molecule has 2 aromatic carbocycles. The van der Waals surface area contributed by atoms with Crippen LogP contribution in [0.1, 0.15) is 36.8 Å². The molecule has 0 saturated heterocycles. The molecular weight excluding hydrogens is 350 g/mol. The number of nitrogens with zero attached hydrogens (tertiary/aromatic N) is 2. The Bertz CT molecular complexity index is 902. The van der Waals surface area contributed by atoms with Crippen molar-refractivity contribution in [3.05, 3.63) is 59.7 Å². The van der Waals surface area contributed by atoms with Gasteiger partial charge in [-0.05, 0) is 50.1 Å². The Balaban J connectivity index is 1.60. The van der Waals surface area contributed by atoms with Gasteiger partial charge in [0.1, 0.15) is 5.54 Å². The SMILES string of the molecule is Cc1ccccc1CN(C)CC(=O)N1c2ccccc2NC(=O)C12CCCC2. The minimum atomic E-state index is -0.741. The van der Waals surface area contributed by atoms with Crippen LogP contribution in [-0.4, -0.2) is 35.8 Å². The van der Waals surface area contributed by atoms with Crippen molar-refractivity contribution in [1.29, 1.82) is 0 Å². The average molecular weight is 377 g/mol. The van der Waals surface area contributed by atoms with E-state index in [1.54, 1.807) is 4.90 Å². The van der Waals surface area contributed by atoms with Crippen molar-refractivity contribution in [2.75, 3.05) is 23.8 Å². The van der Waals surface area contributed by atoms with Crippen LogP contribution >= 0.6 is 0 Å². The Hall–Kier alpha value is -2.66. The molecule has 146 valence electrons. The monoisotopic (exact) mass is 377 g/mol. The fourth-order valence-electron chi connectivity index (χ4n) is 4.56. The van der Waals surface area contributed by atoms with Crippen molar-refractivity contribution in [3.63, 3.8) is 0 Å². The lowest BCUT2D eigenvalue weighted by atomic mass is 9.89. The van der Waals surface area contributed by atoms with Gasteiger partial charge in [0, 0.05) is 6.54 Å². The molecule has 5 nitrogen and oxygen atoms in total. The van der Waals surface area contributed by atoms with E-state index in [4.69, 9.17) is 0 Å². The summed E-state index contributed by atoms with van der Waals surface area (Å²) in [5, 5.41) is 3.03. The molecular formula is C23H27N3O2. The molecule has 0 aromatic heterocycles. The number of rotatable bonds is 4. The van der Waals surface area contributed by atoms with Crippen molar-refractivity contribution < 1.29 is 9.59 Å². The zero-order valence-electron chi connectivity index (χ0n) is 16.6. The van der Waals surface area contributed by atoms with Crippen LogP contribution in [0.15, 0.2) is 48.5 Å². The zero-order chi connectivity index (χ0) is 19.7. The lowest BCUT2D eigenvalue weighted by Crippen LogP contribution is -2.62. The first kappa shape index (κ1) is 18.7. The van der Waals surface area contributed by atoms with Gasteiger partial charge in [-0.3, -0.25) is 19.4 Å². The predicted octanol–water partition coefficient (Wildman–Crippen LogP) is 3.72. The molecule has 1 aliphatic heterocycles. The number of aryl methyl sites for hydroxylation is 1. The fraction of sp³-hybridized carbons (Fsp3) is 0.391. The number of likely N-dealkylation sites (N-methyl/N-ethyl adjacent to an activating group) is 1. The molecule has 1 fully saturated rings. The molecule has 0 atom stereocenters. The number of hydrogen-bond donors (Lipinski definition) is 1. The maximum Gasteiger partial charge on any atom is 0.250 e. The number of benzene rings is 2. The summed E-state index contributed by atoms with van der Waals surface area (Å²) >= 11 is 0. The Kier molecular flexibility index (Phi) is 4.94. The first-order valence-electron chi connectivity index (χ1n) is 9.98. The van der Waals surface area contributed by atoms with Crippen LogP contribution in [0, 0.1) is 6.92 Å². The highest BCUT2D eigenvalue weighted by molar-refractivity contribution is 6.15. The molecule has 1 saturated carbocycles. The second-order valence-corrected chi connectivity index (χ2v) is 8.04. The highest BCUT2D eigenvalue weighted by Crippen LogP contribution is 2.45. The van der Waals surface area contributed by atoms with Gasteiger partial charge in [0.2, 0.25) is 5.91 Å². The van der Waals surface area contributed by atoms with Crippen LogP contribution in [-0.2, 0) is 16.1 Å². The molecule has 4 rings (SSSR count). The van der Waals surface area contributed by atoms with Gasteiger partial charge in [0.15, 0.2) is 0 Å². The lowest BCUT2D eigenvalue weighted by molar-refractivity contribution is -0.127. The second kappa shape index (κ2) is 7.40. The van der Waals surface area contributed by atoms with Crippen LogP contribution in [0.25, 0.3) is 0 Å². The molecule has 0 unspecified atom stereocenters. The number of anilines is 2. The summed E-state index contributed by atoms with van der Waals surface area (Å²) < 4.78 is 0. The standard InChI is InChI=1S/C23H27N3O2/c1-17-9-3-4-10-18(17)15-25(2)16-21(27)26-20-12-6-5-11-19(20)24-22(28)23(26)13-7-8-14-23/h3-6,9-12H,7-8,13-16H2,1-2H3,(H,24,28). The molecule has 0 bridgehead atoms. The minimum absolute atomic E-state index is 0.0136. The molecule has 5 heteroatoms. The van der Waals surface area contributed by atoms with E-state index in [2.05, 4.69) is 24.4 Å². The second-order valence-electron chi connectivity index (χ2n) is 8.04. The number of hydrogen-bond acceptors (Lipinski definition) is 3. The molecule has 28 heavy (non-hydrogen) atoms. The third kappa shape index (κ3) is 3.20. The smallest absolute Gasteiger partial charge is 0.250 e. The molecule has 1 aliphatic carbocycles. The largest absolute Gasteiger partial charge is 0.322 e. The predicted molar refractivity (Wildman–Crippen MR) is 111 cm³/mol. The molecule has 0 radical (unpaired) electrons. The normalized spacial score (nSPS) is 17.7. The third-order valence-corrected chi connectivity index (χ3v) is 6.03. The molecule has 1 N–H and O–H groups in total. The van der Waals surface area contributed by atoms with E-state index < -0.39 is 5.54 Å². The van der Waals surface area contributed by atoms with Crippen LogP contribution in [0.4, 0.5) is 11.4 Å². The van der Waals surface area contributed by atoms with E-state index in [1.807, 2.05) is 48.3 Å². The zero-order valence-corrected chi connectivity index (χ0v) is 16.6. The van der Waals surface area contributed by atoms with Gasteiger partial charge in [-0.25, -0.2) is 0 Å². The summed E-state index contributed by atoms with van der Waals surface area (Å²) in [5.41, 5.74) is 3.23. The van der Waals surface area contributed by atoms with Crippen LogP contribution in [0.5, 0.6) is 0 Å². The summed E-state index contributed by atoms with van der Waals surface area (Å²) in [6.07, 6.45) is 3.39. The Morgan fingerprint density at radius 3 is 2.54 bits per heavy atom. The van der Waals surface area contributed by atoms with Crippen molar-refractivity contribution >= 4 is 23.2 Å². The average Bonchev–Trinajstić information content (AvgIpc) is 3.15. The number of carbonyl (C=O) groups excluding carboxylic acids is 2. The van der Waals surface area contributed by atoms with Crippen molar-refractivity contribution in [2.24, 2.45) is 0 Å². The number of para-hydroxylation sites is 2. The summed E-state index contributed by atoms with van der Waals surface area (Å²) in [5.74, 6) is -0.0566. The molecule has 2 amide bonds. The highest BCUT2D eigenvalue weighted by Gasteiger charge is 2.52. The lowest BCUT2D eigenvalue weighted by Gasteiger charge is -2.44. The van der Waals surface area contributed by atoms with E-state index in [0.29, 0.717) is 6.54 Å². The minimum Gasteiger partial charge on any atom is -0.322 e. The summed E-state index contributed by atoms with van der Waals surface area (Å²) in [6.45, 7) is 3.06. The summed E-state index contributed by atoms with van der Waals surface area (Å²) in [7, 11) is 1.96. The van der Waals surface area contributed by atoms with Crippen LogP contribution in [0.3, 0.4) is 0 Å². The number of carbonyl (C=O) groups is 2. The topological polar surface area (TPSA) is 52.7 Å². The van der Waals surface area contributed by atoms with Crippen LogP contribution in [0.2, 0.25) is 0 Å². The molecule has 2 aliphatic rings. The Labute approximate surface area is 166 Å². The van der Waals surface area contributed by atoms with Crippen molar-refractivity contribution in [1.82, 2.24) is 4.90 Å². The van der Waals surface area contributed by atoms with Gasteiger partial charge in [0.25, 0.3) is 5.91 Å². The molecule has 1 spiro atoms. The molecule has 2 aromatic rings. The number of fused-ring (bicyclic) bond motifs is 1. The van der Waals surface area contributed by atoms with Crippen molar-refractivity contribution in [2.45, 2.75) is 44.7 Å². The quantitative estimate of drug-likeness (QED) is 0.883. The van der Waals surface area contributed by atoms with E-state index >= 15 is 0 Å². The summed E-state index contributed by atoms with van der Waals surface area (Å²) in [6, 6.07) is 15.9. The highest BCUT2D eigenvalue weighted by atomic mass is 16.2. The first-order chi connectivity index (χ1) is 13.5. The van der Waals surface area contributed by atoms with Crippen molar-refractivity contribution in [3.8, 4) is 0 Å². The maximum absolute atomic E-state index is 13.5. The van der Waals surface area contributed by atoms with E-state index in [-0.39, 0.29) is 18.4 Å². The van der Waals surface area contributed by atoms with Gasteiger partial charge in [0.05, 0.1) is 17.9 Å². The van der Waals surface area contributed by atoms with Gasteiger partial charge in [-0.15, -0.1) is 0 Å². The van der Waals surface area contributed by atoms with Gasteiger partial charge in [-0.1, -0.05) is 49.2 Å². The molecule has 1 heterocycles.